The molecule has 124 valence electrons. The quantitative estimate of drug-likeness (QED) is 0.863. The summed E-state index contributed by atoms with van der Waals surface area (Å²) in [6.07, 6.45) is 1.94. The monoisotopic (exact) mass is 320 g/mol. The van der Waals surface area contributed by atoms with Crippen LogP contribution in [0.25, 0.3) is 11.0 Å². The summed E-state index contributed by atoms with van der Waals surface area (Å²) in [7, 11) is 1.53. The first-order chi connectivity index (χ1) is 11.1. The number of hydrogen-bond acceptors (Lipinski definition) is 6. The van der Waals surface area contributed by atoms with E-state index in [2.05, 4.69) is 14.9 Å². The molecular weight excluding hydrogens is 299 g/mol. The first-order valence-corrected chi connectivity index (χ1v) is 7.72. The van der Waals surface area contributed by atoms with Gasteiger partial charge in [0, 0.05) is 30.8 Å². The van der Waals surface area contributed by atoms with Gasteiger partial charge in [0.15, 0.2) is 0 Å². The lowest BCUT2D eigenvalue weighted by Gasteiger charge is -2.34. The Bertz CT molecular complexity index is 697. The van der Waals surface area contributed by atoms with E-state index in [9.17, 15) is 9.50 Å². The number of fused-ring (bicyclic) bond motifs is 1. The number of aliphatic hydroxyl groups excluding tert-OH is 1. The highest BCUT2D eigenvalue weighted by atomic mass is 19.1. The number of likely N-dealkylation sites (tertiary alicyclic amines) is 1. The van der Waals surface area contributed by atoms with E-state index >= 15 is 0 Å². The van der Waals surface area contributed by atoms with Gasteiger partial charge in [0.1, 0.15) is 5.82 Å². The number of hydrogen-bond donors (Lipinski definition) is 2. The Morgan fingerprint density at radius 2 is 2.30 bits per heavy atom. The Hall–Kier alpha value is -1.83. The lowest BCUT2D eigenvalue weighted by Crippen LogP contribution is -2.50. The van der Waals surface area contributed by atoms with Gasteiger partial charge in [0.25, 0.3) is 0 Å². The first-order valence-electron chi connectivity index (χ1n) is 7.72. The van der Waals surface area contributed by atoms with E-state index in [4.69, 9.17) is 10.5 Å². The highest BCUT2D eigenvalue weighted by Crippen LogP contribution is 2.22. The predicted octanol–water partition coefficient (Wildman–Crippen LogP) is 0.714. The van der Waals surface area contributed by atoms with E-state index < -0.39 is 6.10 Å². The smallest absolute Gasteiger partial charge is 0.213 e. The maximum absolute atomic E-state index is 14.2. The Balaban J connectivity index is 1.80. The Kier molecular flexibility index (Phi) is 4.70. The molecule has 2 atom stereocenters. The lowest BCUT2D eigenvalue weighted by atomic mass is 10.0. The first kappa shape index (κ1) is 16.0. The van der Waals surface area contributed by atoms with E-state index in [0.717, 1.165) is 13.0 Å². The average Bonchev–Trinajstić information content (AvgIpc) is 2.56. The third-order valence-corrected chi connectivity index (χ3v) is 4.34. The molecule has 23 heavy (non-hydrogen) atoms. The minimum absolute atomic E-state index is 0.171. The topological polar surface area (TPSA) is 84.5 Å². The van der Waals surface area contributed by atoms with Crippen molar-refractivity contribution in [2.24, 2.45) is 5.73 Å². The highest BCUT2D eigenvalue weighted by Gasteiger charge is 2.24. The molecule has 0 saturated carbocycles. The van der Waals surface area contributed by atoms with Crippen LogP contribution in [0.4, 0.5) is 4.39 Å². The second-order valence-electron chi connectivity index (χ2n) is 5.88. The molecule has 3 heterocycles. The third kappa shape index (κ3) is 3.41. The van der Waals surface area contributed by atoms with E-state index in [-0.39, 0.29) is 11.9 Å². The molecule has 1 aliphatic rings. The van der Waals surface area contributed by atoms with Crippen LogP contribution in [0.5, 0.6) is 5.88 Å². The second kappa shape index (κ2) is 6.74. The van der Waals surface area contributed by atoms with Crippen molar-refractivity contribution in [1.29, 1.82) is 0 Å². The van der Waals surface area contributed by atoms with Crippen LogP contribution in [0.2, 0.25) is 0 Å². The van der Waals surface area contributed by atoms with E-state index in [1.54, 1.807) is 12.1 Å². The summed E-state index contributed by atoms with van der Waals surface area (Å²) in [5.41, 5.74) is 7.50. The molecule has 0 aliphatic carbocycles. The van der Waals surface area contributed by atoms with Crippen LogP contribution in [0.3, 0.4) is 0 Å². The molecule has 0 aromatic carbocycles. The van der Waals surface area contributed by atoms with Crippen molar-refractivity contribution in [2.45, 2.75) is 25.0 Å². The molecule has 0 amide bonds. The van der Waals surface area contributed by atoms with Gasteiger partial charge in [-0.25, -0.2) is 9.37 Å². The third-order valence-electron chi connectivity index (χ3n) is 4.34. The number of aliphatic hydroxyl groups is 1. The maximum Gasteiger partial charge on any atom is 0.213 e. The van der Waals surface area contributed by atoms with Crippen molar-refractivity contribution in [1.82, 2.24) is 14.9 Å². The molecule has 3 rings (SSSR count). The normalized spacial score (nSPS) is 22.4. The fourth-order valence-electron chi connectivity index (χ4n) is 2.92. The number of piperidine rings is 1. The number of methoxy groups -OCH3 is 1. The van der Waals surface area contributed by atoms with Gasteiger partial charge in [-0.05, 0) is 25.5 Å². The van der Waals surface area contributed by atoms with Gasteiger partial charge in [0.2, 0.25) is 5.88 Å². The molecule has 2 aromatic rings. The number of rotatable bonds is 4. The predicted molar refractivity (Wildman–Crippen MR) is 84.8 cm³/mol. The van der Waals surface area contributed by atoms with Gasteiger partial charge in [-0.1, -0.05) is 0 Å². The van der Waals surface area contributed by atoms with Crippen molar-refractivity contribution in [3.05, 3.63) is 29.7 Å². The van der Waals surface area contributed by atoms with Crippen molar-refractivity contribution in [3.8, 4) is 5.88 Å². The van der Waals surface area contributed by atoms with Crippen LogP contribution in [-0.4, -0.2) is 58.9 Å². The van der Waals surface area contributed by atoms with Crippen molar-refractivity contribution in [3.63, 3.8) is 0 Å². The van der Waals surface area contributed by atoms with Gasteiger partial charge >= 0.3 is 0 Å². The van der Waals surface area contributed by atoms with Crippen LogP contribution >= 0.6 is 0 Å². The molecule has 2 aromatic heterocycles. The van der Waals surface area contributed by atoms with Crippen LogP contribution in [0.1, 0.15) is 12.0 Å². The standard InChI is InChI=1S/C16H21FN4O2/c1-23-15-3-2-13-16(20-15)10(11(17)8-19-13)4-6-21-7-5-12(18)14(22)9-21/h2-3,8,12,14,22H,4-7,9,18H2,1H3/t12-,14-/m1/s1. The molecule has 1 aliphatic heterocycles. The summed E-state index contributed by atoms with van der Waals surface area (Å²) in [6, 6.07) is 3.31. The zero-order valence-corrected chi connectivity index (χ0v) is 13.1. The Labute approximate surface area is 134 Å². The maximum atomic E-state index is 14.2. The van der Waals surface area contributed by atoms with Gasteiger partial charge in [-0.15, -0.1) is 0 Å². The fraction of sp³-hybridized carbons (Fsp3) is 0.500. The summed E-state index contributed by atoms with van der Waals surface area (Å²) in [4.78, 5) is 10.5. The molecule has 0 spiro atoms. The molecule has 3 N–H and O–H groups in total. The largest absolute Gasteiger partial charge is 0.481 e. The van der Waals surface area contributed by atoms with Gasteiger partial charge in [-0.3, -0.25) is 4.98 Å². The lowest BCUT2D eigenvalue weighted by molar-refractivity contribution is 0.0541. The van der Waals surface area contributed by atoms with Gasteiger partial charge in [0.05, 0.1) is 30.4 Å². The molecule has 7 heteroatoms. The molecule has 6 nitrogen and oxygen atoms in total. The molecule has 0 unspecified atom stereocenters. The van der Waals surface area contributed by atoms with Crippen LogP contribution in [0.15, 0.2) is 18.3 Å². The minimum Gasteiger partial charge on any atom is -0.481 e. The van der Waals surface area contributed by atoms with Crippen molar-refractivity contribution >= 4 is 11.0 Å². The second-order valence-corrected chi connectivity index (χ2v) is 5.88. The molecule has 1 fully saturated rings. The average molecular weight is 320 g/mol. The zero-order valence-electron chi connectivity index (χ0n) is 13.1. The van der Waals surface area contributed by atoms with Crippen molar-refractivity contribution < 1.29 is 14.2 Å². The number of β-amino-alcohol motifs (C(OH)–C–C–N with tert-alkyl or cyclic N) is 1. The molecule has 0 radical (unpaired) electrons. The van der Waals surface area contributed by atoms with E-state index in [1.807, 2.05) is 0 Å². The molecule has 0 bridgehead atoms. The van der Waals surface area contributed by atoms with E-state index in [1.165, 1.54) is 13.3 Å². The fourth-order valence-corrected chi connectivity index (χ4v) is 2.92. The summed E-state index contributed by atoms with van der Waals surface area (Å²) >= 11 is 0. The van der Waals surface area contributed by atoms with Crippen LogP contribution < -0.4 is 10.5 Å². The van der Waals surface area contributed by atoms with Crippen molar-refractivity contribution in [2.75, 3.05) is 26.7 Å². The van der Waals surface area contributed by atoms with E-state index in [0.29, 0.717) is 42.0 Å². The Morgan fingerprint density at radius 1 is 1.48 bits per heavy atom. The summed E-state index contributed by atoms with van der Waals surface area (Å²) in [5, 5.41) is 9.86. The number of nitrogens with two attached hydrogens (primary N) is 1. The molecular formula is C16H21FN4O2. The summed E-state index contributed by atoms with van der Waals surface area (Å²) in [5.74, 6) is 0.0676. The number of aromatic nitrogens is 2. The van der Waals surface area contributed by atoms with Crippen LogP contribution in [0, 0.1) is 5.82 Å². The number of halogens is 1. The van der Waals surface area contributed by atoms with Gasteiger partial charge < -0.3 is 20.5 Å². The number of pyridine rings is 2. The van der Waals surface area contributed by atoms with Gasteiger partial charge in [-0.2, -0.15) is 0 Å². The summed E-state index contributed by atoms with van der Waals surface area (Å²) in [6.45, 7) is 1.96. The highest BCUT2D eigenvalue weighted by molar-refractivity contribution is 5.78. The molecule has 1 saturated heterocycles. The Morgan fingerprint density at radius 3 is 3.04 bits per heavy atom. The zero-order chi connectivity index (χ0) is 16.4. The summed E-state index contributed by atoms with van der Waals surface area (Å²) < 4.78 is 19.3. The minimum atomic E-state index is -0.527. The number of ether oxygens (including phenoxy) is 1. The SMILES string of the molecule is COc1ccc2ncc(F)c(CCN3CC[C@@H](N)[C@H](O)C3)c2n1. The van der Waals surface area contributed by atoms with Crippen LogP contribution in [-0.2, 0) is 6.42 Å². The number of nitrogens with zero attached hydrogens (tertiary/aromatic N) is 3.